The van der Waals surface area contributed by atoms with Crippen LogP contribution in [0.3, 0.4) is 0 Å². The number of pyridine rings is 1. The molecular formula is C19H29N3O2. The molecule has 1 aromatic rings. The van der Waals surface area contributed by atoms with E-state index in [0.717, 1.165) is 44.3 Å². The highest BCUT2D eigenvalue weighted by molar-refractivity contribution is 5.85. The molecule has 2 unspecified atom stereocenters. The highest BCUT2D eigenvalue weighted by Gasteiger charge is 2.32. The van der Waals surface area contributed by atoms with E-state index < -0.39 is 0 Å². The second-order valence-corrected chi connectivity index (χ2v) is 6.51. The summed E-state index contributed by atoms with van der Waals surface area (Å²) in [5, 5.41) is 2.96. The van der Waals surface area contributed by atoms with Crippen LogP contribution in [0.5, 0.6) is 0 Å². The van der Waals surface area contributed by atoms with Crippen molar-refractivity contribution >= 4 is 11.8 Å². The fraction of sp³-hybridized carbons (Fsp3) is 0.632. The summed E-state index contributed by atoms with van der Waals surface area (Å²) < 4.78 is 0. The second kappa shape index (κ2) is 9.40. The maximum absolute atomic E-state index is 13.0. The topological polar surface area (TPSA) is 62.3 Å². The van der Waals surface area contributed by atoms with E-state index >= 15 is 0 Å². The summed E-state index contributed by atoms with van der Waals surface area (Å²) >= 11 is 0. The van der Waals surface area contributed by atoms with Gasteiger partial charge in [0.1, 0.15) is 0 Å². The molecule has 1 aliphatic rings. The Labute approximate surface area is 144 Å². The van der Waals surface area contributed by atoms with Gasteiger partial charge in [0.15, 0.2) is 0 Å². The van der Waals surface area contributed by atoms with Gasteiger partial charge < -0.3 is 10.2 Å². The van der Waals surface area contributed by atoms with Crippen LogP contribution in [0.2, 0.25) is 0 Å². The van der Waals surface area contributed by atoms with Gasteiger partial charge in [-0.05, 0) is 37.8 Å². The van der Waals surface area contributed by atoms with Crippen LogP contribution >= 0.6 is 0 Å². The van der Waals surface area contributed by atoms with E-state index in [1.165, 1.54) is 0 Å². The molecule has 1 aromatic heterocycles. The molecule has 1 aliphatic heterocycles. The van der Waals surface area contributed by atoms with E-state index in [1.54, 1.807) is 6.20 Å². The molecule has 0 aromatic carbocycles. The van der Waals surface area contributed by atoms with Crippen LogP contribution < -0.4 is 5.32 Å². The summed E-state index contributed by atoms with van der Waals surface area (Å²) in [6.45, 7) is 6.10. The van der Waals surface area contributed by atoms with Gasteiger partial charge in [-0.2, -0.15) is 0 Å². The molecule has 0 saturated carbocycles. The number of nitrogens with zero attached hydrogens (tertiary/aromatic N) is 2. The lowest BCUT2D eigenvalue weighted by atomic mass is 9.93. The summed E-state index contributed by atoms with van der Waals surface area (Å²) in [6.07, 6.45) is 6.14. The first-order valence-electron chi connectivity index (χ1n) is 9.14. The third-order valence-electron chi connectivity index (χ3n) is 4.57. The summed E-state index contributed by atoms with van der Waals surface area (Å²) in [5.74, 6) is -0.0864. The van der Waals surface area contributed by atoms with E-state index in [1.807, 2.05) is 30.0 Å². The molecular weight excluding hydrogens is 302 g/mol. The lowest BCUT2D eigenvalue weighted by Crippen LogP contribution is -2.47. The van der Waals surface area contributed by atoms with Gasteiger partial charge in [0.2, 0.25) is 11.8 Å². The Morgan fingerprint density at radius 1 is 1.33 bits per heavy atom. The van der Waals surface area contributed by atoms with Crippen LogP contribution in [0.1, 0.15) is 57.6 Å². The predicted molar refractivity (Wildman–Crippen MR) is 94.5 cm³/mol. The summed E-state index contributed by atoms with van der Waals surface area (Å²) in [6, 6.07) is 5.72. The van der Waals surface area contributed by atoms with Crippen LogP contribution in [0.25, 0.3) is 0 Å². The Bertz CT molecular complexity index is 533. The standard InChI is InChI=1S/C19H29N3O2/c1-3-8-16(17-10-5-6-12-20-17)19(24)22-13-7-9-15(14-22)18(23)21-11-4-2/h5-6,10,12,15-16H,3-4,7-9,11,13-14H2,1-2H3,(H,21,23). The summed E-state index contributed by atoms with van der Waals surface area (Å²) in [7, 11) is 0. The molecule has 132 valence electrons. The first kappa shape index (κ1) is 18.4. The number of aromatic nitrogens is 1. The molecule has 2 atom stereocenters. The average molecular weight is 331 g/mol. The SMILES string of the molecule is CCCNC(=O)C1CCCN(C(=O)C(CCC)c2ccccn2)C1. The zero-order chi connectivity index (χ0) is 17.4. The van der Waals surface area contributed by atoms with Crippen LogP contribution in [0, 0.1) is 5.92 Å². The fourth-order valence-electron chi connectivity index (χ4n) is 3.27. The first-order valence-corrected chi connectivity index (χ1v) is 9.14. The van der Waals surface area contributed by atoms with Gasteiger partial charge in [0.25, 0.3) is 0 Å². The quantitative estimate of drug-likeness (QED) is 0.835. The Balaban J connectivity index is 2.05. The highest BCUT2D eigenvalue weighted by atomic mass is 16.2. The van der Waals surface area contributed by atoms with E-state index in [9.17, 15) is 9.59 Å². The Kier molecular flexibility index (Phi) is 7.22. The molecule has 5 nitrogen and oxygen atoms in total. The molecule has 0 radical (unpaired) electrons. The Morgan fingerprint density at radius 3 is 2.83 bits per heavy atom. The normalized spacial score (nSPS) is 18.9. The van der Waals surface area contributed by atoms with Gasteiger partial charge in [-0.25, -0.2) is 0 Å². The second-order valence-electron chi connectivity index (χ2n) is 6.51. The van der Waals surface area contributed by atoms with Crippen molar-refractivity contribution in [3.05, 3.63) is 30.1 Å². The summed E-state index contributed by atoms with van der Waals surface area (Å²) in [4.78, 5) is 31.5. The van der Waals surface area contributed by atoms with Gasteiger partial charge in [-0.1, -0.05) is 26.3 Å². The van der Waals surface area contributed by atoms with Gasteiger partial charge in [-0.3, -0.25) is 14.6 Å². The predicted octanol–water partition coefficient (Wildman–Crippen LogP) is 2.73. The molecule has 5 heteroatoms. The van der Waals surface area contributed by atoms with Crippen molar-refractivity contribution in [2.24, 2.45) is 5.92 Å². The van der Waals surface area contributed by atoms with Gasteiger partial charge in [-0.15, -0.1) is 0 Å². The van der Waals surface area contributed by atoms with Crippen LogP contribution in [0.15, 0.2) is 24.4 Å². The van der Waals surface area contributed by atoms with E-state index in [2.05, 4.69) is 17.2 Å². The lowest BCUT2D eigenvalue weighted by molar-refractivity contribution is -0.137. The van der Waals surface area contributed by atoms with Crippen molar-refractivity contribution in [3.63, 3.8) is 0 Å². The maximum atomic E-state index is 13.0. The number of piperidine rings is 1. The zero-order valence-corrected chi connectivity index (χ0v) is 14.8. The molecule has 0 bridgehead atoms. The van der Waals surface area contributed by atoms with Crippen molar-refractivity contribution in [1.82, 2.24) is 15.2 Å². The smallest absolute Gasteiger partial charge is 0.231 e. The molecule has 0 aliphatic carbocycles. The monoisotopic (exact) mass is 331 g/mol. The fourth-order valence-corrected chi connectivity index (χ4v) is 3.27. The van der Waals surface area contributed by atoms with Crippen molar-refractivity contribution in [2.75, 3.05) is 19.6 Å². The molecule has 2 rings (SSSR count). The number of carbonyl (C=O) groups is 2. The maximum Gasteiger partial charge on any atom is 0.231 e. The largest absolute Gasteiger partial charge is 0.356 e. The molecule has 1 N–H and O–H groups in total. The minimum absolute atomic E-state index is 0.0826. The minimum Gasteiger partial charge on any atom is -0.356 e. The summed E-state index contributed by atoms with van der Waals surface area (Å²) in [5.41, 5.74) is 0.835. The number of rotatable bonds is 7. The molecule has 2 amide bonds. The molecule has 1 fully saturated rings. The molecule has 24 heavy (non-hydrogen) atoms. The molecule has 1 saturated heterocycles. The van der Waals surface area contributed by atoms with Gasteiger partial charge >= 0.3 is 0 Å². The Morgan fingerprint density at radius 2 is 2.17 bits per heavy atom. The lowest BCUT2D eigenvalue weighted by Gasteiger charge is -2.34. The number of nitrogens with one attached hydrogen (secondary N) is 1. The van der Waals surface area contributed by atoms with Crippen LogP contribution in [-0.2, 0) is 9.59 Å². The van der Waals surface area contributed by atoms with E-state index in [0.29, 0.717) is 13.1 Å². The first-order chi connectivity index (χ1) is 11.7. The molecule has 2 heterocycles. The number of hydrogen-bond donors (Lipinski definition) is 1. The number of carbonyl (C=O) groups excluding carboxylic acids is 2. The van der Waals surface area contributed by atoms with E-state index in [-0.39, 0.29) is 23.7 Å². The van der Waals surface area contributed by atoms with Crippen LogP contribution in [-0.4, -0.2) is 41.3 Å². The average Bonchev–Trinajstić information content (AvgIpc) is 2.64. The van der Waals surface area contributed by atoms with E-state index in [4.69, 9.17) is 0 Å². The van der Waals surface area contributed by atoms with Crippen molar-refractivity contribution in [1.29, 1.82) is 0 Å². The zero-order valence-electron chi connectivity index (χ0n) is 14.8. The molecule has 0 spiro atoms. The minimum atomic E-state index is -0.200. The Hall–Kier alpha value is -1.91. The van der Waals surface area contributed by atoms with Crippen molar-refractivity contribution in [3.8, 4) is 0 Å². The van der Waals surface area contributed by atoms with Crippen molar-refractivity contribution in [2.45, 2.75) is 51.9 Å². The third-order valence-corrected chi connectivity index (χ3v) is 4.57. The highest BCUT2D eigenvalue weighted by Crippen LogP contribution is 2.25. The van der Waals surface area contributed by atoms with Gasteiger partial charge in [0.05, 0.1) is 17.5 Å². The van der Waals surface area contributed by atoms with Gasteiger partial charge in [0, 0.05) is 25.8 Å². The third kappa shape index (κ3) is 4.79. The van der Waals surface area contributed by atoms with Crippen molar-refractivity contribution < 1.29 is 9.59 Å². The van der Waals surface area contributed by atoms with Crippen LogP contribution in [0.4, 0.5) is 0 Å². The number of amides is 2. The number of hydrogen-bond acceptors (Lipinski definition) is 3. The number of likely N-dealkylation sites (tertiary alicyclic amines) is 1.